The van der Waals surface area contributed by atoms with Gasteiger partial charge in [-0.15, -0.1) is 5.06 Å². The predicted octanol–water partition coefficient (Wildman–Crippen LogP) is 6.27. The Morgan fingerprint density at radius 1 is 0.764 bits per heavy atom. The summed E-state index contributed by atoms with van der Waals surface area (Å²) in [6.45, 7) is 1.86. The van der Waals surface area contributed by atoms with Crippen LogP contribution in [-0.4, -0.2) is 73.2 Å². The fraction of sp³-hybridized carbons (Fsp3) is 0.395. The van der Waals surface area contributed by atoms with Crippen molar-refractivity contribution in [2.24, 2.45) is 17.8 Å². The standard InChI is InChI=1S/C43H46N2O10/c1-26(46)10-8-9-13-29-22-28(23-32(29)25-44-33(47)18-19-34(44)48)15-17-30-24-31(16-14-27-11-6-5-7-12-27)38-37(30)40(52-2)39(42(54-4)41(38)53-3)43(51)55-45-35(49)20-21-36(45)50/h5-7,9,11-19,28-32H,8,10,20-25H2,1-4H3/b13-9-,16-14-,17-15-/t28?,29?,30?,31?,32-/m1/s1. The molecular weight excluding hydrogens is 704 g/mol. The van der Waals surface area contributed by atoms with Gasteiger partial charge in [0.05, 0.1) is 21.3 Å². The second kappa shape index (κ2) is 17.1. The van der Waals surface area contributed by atoms with E-state index in [1.54, 1.807) is 6.92 Å². The van der Waals surface area contributed by atoms with Gasteiger partial charge in [0, 0.05) is 60.9 Å². The van der Waals surface area contributed by atoms with Crippen LogP contribution in [0.5, 0.6) is 17.2 Å². The molecule has 5 atom stereocenters. The van der Waals surface area contributed by atoms with Crippen LogP contribution in [0.1, 0.15) is 90.8 Å². The zero-order chi connectivity index (χ0) is 39.2. The van der Waals surface area contributed by atoms with E-state index in [1.807, 2.05) is 42.5 Å². The number of carbonyl (C=O) groups is 6. The molecule has 2 aromatic rings. The number of Topliss-reactive ketones (excluding diaryl/α,β-unsaturated/α-hetero) is 1. The van der Waals surface area contributed by atoms with Gasteiger partial charge in [0.25, 0.3) is 23.6 Å². The van der Waals surface area contributed by atoms with Crippen LogP contribution < -0.4 is 14.2 Å². The summed E-state index contributed by atoms with van der Waals surface area (Å²) in [4.78, 5) is 81.9. The van der Waals surface area contributed by atoms with Gasteiger partial charge in [-0.1, -0.05) is 66.8 Å². The molecule has 0 N–H and O–H groups in total. The number of ether oxygens (including phenoxy) is 3. The lowest BCUT2D eigenvalue weighted by atomic mass is 9.93. The number of hydrogen-bond acceptors (Lipinski definition) is 10. The molecule has 0 bridgehead atoms. The summed E-state index contributed by atoms with van der Waals surface area (Å²) in [6.07, 6.45) is 18.2. The lowest BCUT2D eigenvalue weighted by molar-refractivity contribution is -0.172. The van der Waals surface area contributed by atoms with Crippen LogP contribution in [0.25, 0.3) is 6.08 Å². The second-order valence-electron chi connectivity index (χ2n) is 14.3. The molecule has 6 rings (SSSR count). The molecule has 2 aliphatic carbocycles. The van der Waals surface area contributed by atoms with E-state index in [0.29, 0.717) is 42.2 Å². The third-order valence-corrected chi connectivity index (χ3v) is 10.8. The van der Waals surface area contributed by atoms with Gasteiger partial charge in [0.15, 0.2) is 11.5 Å². The van der Waals surface area contributed by atoms with Crippen molar-refractivity contribution in [3.05, 3.63) is 95.1 Å². The Bertz CT molecular complexity index is 1950. The Morgan fingerprint density at radius 2 is 1.40 bits per heavy atom. The van der Waals surface area contributed by atoms with Crippen LogP contribution in [-0.2, 0) is 28.8 Å². The van der Waals surface area contributed by atoms with Gasteiger partial charge in [-0.25, -0.2) is 4.79 Å². The zero-order valence-corrected chi connectivity index (χ0v) is 31.5. The number of nitrogens with zero attached hydrogens (tertiary/aromatic N) is 2. The molecule has 2 heterocycles. The van der Waals surface area contributed by atoms with Crippen LogP contribution in [0.4, 0.5) is 0 Å². The maximum absolute atomic E-state index is 13.9. The number of amides is 4. The minimum Gasteiger partial charge on any atom is -0.495 e. The molecule has 4 unspecified atom stereocenters. The molecule has 55 heavy (non-hydrogen) atoms. The summed E-state index contributed by atoms with van der Waals surface area (Å²) in [6, 6.07) is 9.87. The van der Waals surface area contributed by atoms with Crippen molar-refractivity contribution >= 4 is 41.5 Å². The van der Waals surface area contributed by atoms with Crippen LogP contribution in [0.15, 0.2) is 72.9 Å². The molecule has 0 radical (unpaired) electrons. The van der Waals surface area contributed by atoms with Crippen molar-refractivity contribution in [1.29, 1.82) is 0 Å². The Labute approximate surface area is 320 Å². The molecule has 1 saturated carbocycles. The van der Waals surface area contributed by atoms with Gasteiger partial charge >= 0.3 is 5.97 Å². The first-order valence-electron chi connectivity index (χ1n) is 18.6. The monoisotopic (exact) mass is 750 g/mol. The molecule has 2 fully saturated rings. The molecule has 2 aromatic carbocycles. The average Bonchev–Trinajstić information content (AvgIpc) is 3.93. The van der Waals surface area contributed by atoms with Crippen molar-refractivity contribution in [3.63, 3.8) is 0 Å². The number of imide groups is 2. The maximum Gasteiger partial charge on any atom is 0.371 e. The van der Waals surface area contributed by atoms with Gasteiger partial charge in [0.1, 0.15) is 17.1 Å². The smallest absolute Gasteiger partial charge is 0.371 e. The Kier molecular flexibility index (Phi) is 12.1. The number of fused-ring (bicyclic) bond motifs is 1. The molecule has 288 valence electrons. The maximum atomic E-state index is 13.9. The van der Waals surface area contributed by atoms with E-state index in [9.17, 15) is 28.8 Å². The normalized spacial score (nSPS) is 23.6. The number of methoxy groups -OCH3 is 3. The highest BCUT2D eigenvalue weighted by atomic mass is 16.7. The Morgan fingerprint density at radius 3 is 2.04 bits per heavy atom. The minimum atomic E-state index is -0.997. The van der Waals surface area contributed by atoms with Crippen LogP contribution >= 0.6 is 0 Å². The first-order chi connectivity index (χ1) is 26.5. The van der Waals surface area contributed by atoms with Crippen molar-refractivity contribution in [3.8, 4) is 17.2 Å². The number of ketones is 1. The second-order valence-corrected chi connectivity index (χ2v) is 14.3. The summed E-state index contributed by atoms with van der Waals surface area (Å²) in [7, 11) is 4.33. The number of rotatable bonds is 15. The third-order valence-electron chi connectivity index (χ3n) is 10.8. The first-order valence-corrected chi connectivity index (χ1v) is 18.6. The zero-order valence-electron chi connectivity index (χ0n) is 31.5. The molecule has 1 saturated heterocycles. The van der Waals surface area contributed by atoms with Crippen LogP contribution in [0, 0.1) is 17.8 Å². The number of allylic oxidation sites excluding steroid dienone is 5. The van der Waals surface area contributed by atoms with Gasteiger partial charge < -0.3 is 23.8 Å². The summed E-state index contributed by atoms with van der Waals surface area (Å²) in [5, 5.41) is 0.491. The Balaban J connectivity index is 1.37. The summed E-state index contributed by atoms with van der Waals surface area (Å²) < 4.78 is 17.8. The van der Waals surface area contributed by atoms with Gasteiger partial charge in [-0.3, -0.25) is 24.1 Å². The summed E-state index contributed by atoms with van der Waals surface area (Å²) >= 11 is 0. The molecule has 4 aliphatic rings. The highest BCUT2D eigenvalue weighted by Gasteiger charge is 2.43. The molecular formula is C43H46N2O10. The lowest BCUT2D eigenvalue weighted by Gasteiger charge is -2.23. The van der Waals surface area contributed by atoms with E-state index < -0.39 is 17.8 Å². The van der Waals surface area contributed by atoms with Crippen LogP contribution in [0.3, 0.4) is 0 Å². The van der Waals surface area contributed by atoms with E-state index in [2.05, 4.69) is 24.3 Å². The van der Waals surface area contributed by atoms with E-state index in [1.165, 1.54) is 38.4 Å². The van der Waals surface area contributed by atoms with Gasteiger partial charge in [0.2, 0.25) is 0 Å². The molecule has 12 heteroatoms. The summed E-state index contributed by atoms with van der Waals surface area (Å²) in [5.41, 5.74) is 2.37. The molecule has 0 spiro atoms. The lowest BCUT2D eigenvalue weighted by Crippen LogP contribution is -2.35. The minimum absolute atomic E-state index is 0.0183. The SMILES string of the molecule is COc1c(OC)c2c(c(OC)c1C(=O)ON1C(=O)CCC1=O)C(/C=C\C1CC(/C=C\CCC(C)=O)[C@@H](CN3C(=O)C=CC3=O)C1)CC2/C=C\c1ccccc1. The van der Waals surface area contributed by atoms with Crippen molar-refractivity contribution in [2.75, 3.05) is 27.9 Å². The van der Waals surface area contributed by atoms with Crippen molar-refractivity contribution in [1.82, 2.24) is 9.96 Å². The van der Waals surface area contributed by atoms with E-state index in [0.717, 1.165) is 24.0 Å². The number of hydrogen-bond donors (Lipinski definition) is 0. The fourth-order valence-electron chi connectivity index (χ4n) is 8.19. The molecule has 4 amide bonds. The Hall–Kier alpha value is -5.78. The number of benzene rings is 2. The number of hydroxylamine groups is 2. The molecule has 2 aliphatic heterocycles. The topological polar surface area (TPSA) is 146 Å². The van der Waals surface area contributed by atoms with Gasteiger partial charge in [-0.2, -0.15) is 0 Å². The number of carbonyl (C=O) groups excluding carboxylic acids is 6. The van der Waals surface area contributed by atoms with Gasteiger partial charge in [-0.05, 0) is 55.9 Å². The van der Waals surface area contributed by atoms with E-state index >= 15 is 0 Å². The van der Waals surface area contributed by atoms with E-state index in [-0.39, 0.29) is 77.1 Å². The molecule has 0 aromatic heterocycles. The fourth-order valence-corrected chi connectivity index (χ4v) is 8.19. The summed E-state index contributed by atoms with van der Waals surface area (Å²) in [5.74, 6) is -2.46. The average molecular weight is 751 g/mol. The predicted molar refractivity (Wildman–Crippen MR) is 202 cm³/mol. The highest BCUT2D eigenvalue weighted by molar-refractivity contribution is 6.12. The molecule has 12 nitrogen and oxygen atoms in total. The van der Waals surface area contributed by atoms with Crippen molar-refractivity contribution in [2.45, 2.75) is 63.7 Å². The first kappa shape index (κ1) is 38.9. The van der Waals surface area contributed by atoms with E-state index in [4.69, 9.17) is 19.0 Å². The van der Waals surface area contributed by atoms with Crippen LogP contribution in [0.2, 0.25) is 0 Å². The third kappa shape index (κ3) is 8.33. The largest absolute Gasteiger partial charge is 0.495 e. The van der Waals surface area contributed by atoms with Crippen molar-refractivity contribution < 1.29 is 47.8 Å². The quantitative estimate of drug-likeness (QED) is 0.151. The highest BCUT2D eigenvalue weighted by Crippen LogP contribution is 2.57.